The number of carbonyl (C=O) groups is 1. The lowest BCUT2D eigenvalue weighted by atomic mass is 9.74. The standard InChI is InChI=1S/C29H28ClF2NO6S/c1-18(34)39-29(22-14-24(31)16-25(32)15-22)17-33(28(29,2)40(3,35)36)26(20-8-10-23(30)11-9-20)19-4-6-21(7-5-19)27-37-12-13-38-27/h4-11,14-16,26-27H,12-13,17H2,1-3H3. The van der Waals surface area contributed by atoms with Crippen LogP contribution in [0.5, 0.6) is 0 Å². The van der Waals surface area contributed by atoms with Gasteiger partial charge in [-0.1, -0.05) is 48.0 Å². The Hall–Kier alpha value is -2.89. The van der Waals surface area contributed by atoms with E-state index in [0.29, 0.717) is 29.9 Å². The van der Waals surface area contributed by atoms with Gasteiger partial charge in [-0.2, -0.15) is 0 Å². The van der Waals surface area contributed by atoms with Crippen molar-refractivity contribution in [1.82, 2.24) is 4.90 Å². The van der Waals surface area contributed by atoms with Crippen LogP contribution in [0.2, 0.25) is 5.02 Å². The fourth-order valence-electron chi connectivity index (χ4n) is 5.69. The summed E-state index contributed by atoms with van der Waals surface area (Å²) in [4.78, 5) is 12.1. The van der Waals surface area contributed by atoms with E-state index < -0.39 is 50.2 Å². The van der Waals surface area contributed by atoms with E-state index in [1.807, 2.05) is 24.3 Å². The fraction of sp³-hybridized carbons (Fsp3) is 0.345. The molecule has 0 saturated carbocycles. The van der Waals surface area contributed by atoms with Crippen LogP contribution in [-0.4, -0.2) is 50.2 Å². The van der Waals surface area contributed by atoms with Gasteiger partial charge in [0.2, 0.25) is 0 Å². The summed E-state index contributed by atoms with van der Waals surface area (Å²) in [5.74, 6) is -2.63. The zero-order chi connectivity index (χ0) is 28.9. The van der Waals surface area contributed by atoms with Crippen molar-refractivity contribution in [3.8, 4) is 0 Å². The van der Waals surface area contributed by atoms with Gasteiger partial charge in [0.05, 0.1) is 19.3 Å². The SMILES string of the molecule is CC(=O)OC1(c2cc(F)cc(F)c2)CN(C(c2ccc(Cl)cc2)c2ccc(C3OCCO3)cc2)C1(C)S(C)(=O)=O. The van der Waals surface area contributed by atoms with Crippen LogP contribution in [0.3, 0.4) is 0 Å². The number of sulfone groups is 1. The van der Waals surface area contributed by atoms with E-state index in [1.165, 1.54) is 6.92 Å². The molecule has 3 aromatic rings. The van der Waals surface area contributed by atoms with Crippen molar-refractivity contribution in [2.45, 2.75) is 36.7 Å². The number of likely N-dealkylation sites (tertiary alicyclic amines) is 1. The molecule has 2 heterocycles. The summed E-state index contributed by atoms with van der Waals surface area (Å²) in [6.45, 7) is 3.35. The number of carbonyl (C=O) groups excluding carboxylic acids is 1. The topological polar surface area (TPSA) is 82.1 Å². The maximum Gasteiger partial charge on any atom is 0.303 e. The highest BCUT2D eigenvalue weighted by Crippen LogP contribution is 2.57. The molecule has 7 nitrogen and oxygen atoms in total. The van der Waals surface area contributed by atoms with Crippen LogP contribution in [0.1, 0.15) is 48.4 Å². The van der Waals surface area contributed by atoms with Gasteiger partial charge in [-0.05, 0) is 42.3 Å². The van der Waals surface area contributed by atoms with Crippen LogP contribution in [0.4, 0.5) is 8.78 Å². The van der Waals surface area contributed by atoms with Crippen LogP contribution in [0, 0.1) is 11.6 Å². The second-order valence-corrected chi connectivity index (χ2v) is 12.9. The molecule has 40 heavy (non-hydrogen) atoms. The third-order valence-electron chi connectivity index (χ3n) is 7.70. The summed E-state index contributed by atoms with van der Waals surface area (Å²) in [6, 6.07) is 16.3. The van der Waals surface area contributed by atoms with Crippen molar-refractivity contribution in [3.05, 3.63) is 106 Å². The Kier molecular flexibility index (Phi) is 7.52. The van der Waals surface area contributed by atoms with E-state index in [0.717, 1.165) is 36.4 Å². The molecule has 2 saturated heterocycles. The Morgan fingerprint density at radius 3 is 2.02 bits per heavy atom. The molecule has 3 aromatic carbocycles. The number of halogens is 3. The highest BCUT2D eigenvalue weighted by Gasteiger charge is 2.72. The summed E-state index contributed by atoms with van der Waals surface area (Å²) in [5, 5.41) is 0.493. The molecule has 0 aliphatic carbocycles. The molecular weight excluding hydrogens is 564 g/mol. The first-order valence-corrected chi connectivity index (χ1v) is 14.8. The number of nitrogens with zero attached hydrogens (tertiary/aromatic N) is 1. The maximum atomic E-state index is 14.4. The average molecular weight is 592 g/mol. The molecule has 0 spiro atoms. The minimum absolute atomic E-state index is 0.0925. The maximum absolute atomic E-state index is 14.4. The van der Waals surface area contributed by atoms with E-state index in [1.54, 1.807) is 29.2 Å². The third kappa shape index (κ3) is 4.81. The van der Waals surface area contributed by atoms with Crippen LogP contribution in [-0.2, 0) is 34.4 Å². The number of hydrogen-bond donors (Lipinski definition) is 0. The lowest BCUT2D eigenvalue weighted by molar-refractivity contribution is -0.218. The van der Waals surface area contributed by atoms with Crippen LogP contribution >= 0.6 is 11.6 Å². The molecule has 0 radical (unpaired) electrons. The van der Waals surface area contributed by atoms with Gasteiger partial charge in [0, 0.05) is 41.9 Å². The minimum atomic E-state index is -4.09. The molecule has 11 heteroatoms. The van der Waals surface area contributed by atoms with Gasteiger partial charge in [0.1, 0.15) is 11.6 Å². The predicted octanol–water partition coefficient (Wildman–Crippen LogP) is 5.29. The molecular formula is C29H28ClF2NO6S. The lowest BCUT2D eigenvalue weighted by Gasteiger charge is -2.64. The first-order valence-electron chi connectivity index (χ1n) is 12.6. The van der Waals surface area contributed by atoms with Gasteiger partial charge in [-0.15, -0.1) is 0 Å². The van der Waals surface area contributed by atoms with E-state index >= 15 is 0 Å². The number of esters is 1. The summed E-state index contributed by atoms with van der Waals surface area (Å²) < 4.78 is 73.1. The quantitative estimate of drug-likeness (QED) is 0.345. The fourth-order valence-corrected chi connectivity index (χ4v) is 7.23. The summed E-state index contributed by atoms with van der Waals surface area (Å²) >= 11 is 6.16. The largest absolute Gasteiger partial charge is 0.450 e. The minimum Gasteiger partial charge on any atom is -0.450 e. The smallest absolute Gasteiger partial charge is 0.303 e. The van der Waals surface area contributed by atoms with Gasteiger partial charge < -0.3 is 14.2 Å². The monoisotopic (exact) mass is 591 g/mol. The van der Waals surface area contributed by atoms with E-state index in [-0.39, 0.29) is 12.1 Å². The first-order chi connectivity index (χ1) is 18.9. The van der Waals surface area contributed by atoms with E-state index in [4.69, 9.17) is 25.8 Å². The number of hydrogen-bond acceptors (Lipinski definition) is 7. The summed E-state index contributed by atoms with van der Waals surface area (Å²) in [6.07, 6.45) is 0.525. The van der Waals surface area contributed by atoms with Crippen molar-refractivity contribution in [3.63, 3.8) is 0 Å². The Bertz CT molecular complexity index is 1510. The molecule has 0 bridgehead atoms. The van der Waals surface area contributed by atoms with Crippen molar-refractivity contribution < 1.29 is 36.2 Å². The number of ether oxygens (including phenoxy) is 3. The normalized spacial score (nSPS) is 24.4. The van der Waals surface area contributed by atoms with Gasteiger partial charge in [0.15, 0.2) is 26.6 Å². The van der Waals surface area contributed by atoms with Crippen LogP contribution in [0.25, 0.3) is 0 Å². The van der Waals surface area contributed by atoms with E-state index in [9.17, 15) is 22.0 Å². The van der Waals surface area contributed by atoms with E-state index in [2.05, 4.69) is 0 Å². The molecule has 2 fully saturated rings. The summed E-state index contributed by atoms with van der Waals surface area (Å²) in [7, 11) is -4.09. The van der Waals surface area contributed by atoms with Crippen LogP contribution in [0.15, 0.2) is 66.7 Å². The molecule has 2 aliphatic heterocycles. The second kappa shape index (κ2) is 10.5. The zero-order valence-corrected chi connectivity index (χ0v) is 23.6. The highest BCUT2D eigenvalue weighted by molar-refractivity contribution is 7.92. The van der Waals surface area contributed by atoms with Gasteiger partial charge >= 0.3 is 5.97 Å². The average Bonchev–Trinajstić information content (AvgIpc) is 3.42. The van der Waals surface area contributed by atoms with Gasteiger partial charge in [-0.3, -0.25) is 9.69 Å². The molecule has 5 rings (SSSR count). The number of rotatable bonds is 7. The number of benzene rings is 3. The molecule has 3 atom stereocenters. The zero-order valence-electron chi connectivity index (χ0n) is 22.1. The molecule has 0 amide bonds. The Morgan fingerprint density at radius 1 is 1.00 bits per heavy atom. The predicted molar refractivity (Wildman–Crippen MR) is 144 cm³/mol. The van der Waals surface area contributed by atoms with Gasteiger partial charge in [0.25, 0.3) is 0 Å². The Balaban J connectivity index is 1.67. The second-order valence-electron chi connectivity index (χ2n) is 10.2. The van der Waals surface area contributed by atoms with Crippen molar-refractivity contribution >= 4 is 27.4 Å². The van der Waals surface area contributed by atoms with Crippen molar-refractivity contribution in [2.24, 2.45) is 0 Å². The van der Waals surface area contributed by atoms with Crippen molar-refractivity contribution in [2.75, 3.05) is 26.0 Å². The molecule has 2 aliphatic rings. The molecule has 0 N–H and O–H groups in total. The van der Waals surface area contributed by atoms with Crippen molar-refractivity contribution in [1.29, 1.82) is 0 Å². The van der Waals surface area contributed by atoms with Gasteiger partial charge in [-0.25, -0.2) is 17.2 Å². The summed E-state index contributed by atoms with van der Waals surface area (Å²) in [5.41, 5.74) is 0.245. The Labute approximate surface area is 236 Å². The molecule has 212 valence electrons. The molecule has 3 unspecified atom stereocenters. The third-order valence-corrected chi connectivity index (χ3v) is 9.96. The molecule has 0 aromatic heterocycles. The Morgan fingerprint density at radius 2 is 1.52 bits per heavy atom. The van der Waals surface area contributed by atoms with Crippen LogP contribution < -0.4 is 0 Å². The highest BCUT2D eigenvalue weighted by atomic mass is 35.5. The lowest BCUT2D eigenvalue weighted by Crippen LogP contribution is -2.79. The first kappa shape index (κ1) is 28.6.